The average Bonchev–Trinajstić information content (AvgIpc) is 2.82. The van der Waals surface area contributed by atoms with Gasteiger partial charge in [-0.15, -0.1) is 0 Å². The minimum atomic E-state index is -3.34. The third kappa shape index (κ3) is 5.32. The van der Waals surface area contributed by atoms with Gasteiger partial charge in [0.1, 0.15) is 17.1 Å². The zero-order valence-corrected chi connectivity index (χ0v) is 20.9. The maximum Gasteiger partial charge on any atom is 0.261 e. The summed E-state index contributed by atoms with van der Waals surface area (Å²) >= 11 is 0. The zero-order chi connectivity index (χ0) is 24.3. The van der Waals surface area contributed by atoms with Crippen LogP contribution in [-0.4, -0.2) is 39.3 Å². The standard InChI is InChI=1S/C26H34N2O5S/c1-4-23(32-20-14-12-19(13-15-20)28(2)34(3,30)31)25(29)27-22-18-26(16-8-5-9-17-26)33-24-11-7-6-10-21(22)24/h6-7,10-15,22-23H,4-5,8-9,16-18H2,1-3H3,(H,27,29)/t22-,23+/m0/s1. The predicted octanol–water partition coefficient (Wildman–Crippen LogP) is 4.58. The Hall–Kier alpha value is -2.74. The quantitative estimate of drug-likeness (QED) is 0.619. The van der Waals surface area contributed by atoms with Crippen molar-refractivity contribution in [3.05, 3.63) is 54.1 Å². The van der Waals surface area contributed by atoms with Crippen molar-refractivity contribution in [3.8, 4) is 11.5 Å². The number of benzene rings is 2. The van der Waals surface area contributed by atoms with Gasteiger partial charge in [0.2, 0.25) is 10.0 Å². The summed E-state index contributed by atoms with van der Waals surface area (Å²) in [6.45, 7) is 1.91. The summed E-state index contributed by atoms with van der Waals surface area (Å²) in [4.78, 5) is 13.3. The second kappa shape index (κ2) is 9.86. The lowest BCUT2D eigenvalue weighted by Crippen LogP contribution is -2.48. The number of anilines is 1. The Labute approximate surface area is 202 Å². The van der Waals surface area contributed by atoms with E-state index in [0.717, 1.165) is 49.7 Å². The van der Waals surface area contributed by atoms with Crippen molar-refractivity contribution in [2.45, 2.75) is 69.6 Å². The zero-order valence-electron chi connectivity index (χ0n) is 20.1. The lowest BCUT2D eigenvalue weighted by atomic mass is 9.77. The van der Waals surface area contributed by atoms with Crippen LogP contribution in [0.5, 0.6) is 11.5 Å². The Kier molecular flexibility index (Phi) is 7.07. The lowest BCUT2D eigenvalue weighted by Gasteiger charge is -2.44. The van der Waals surface area contributed by atoms with Crippen LogP contribution in [-0.2, 0) is 14.8 Å². The van der Waals surface area contributed by atoms with Crippen LogP contribution in [0.4, 0.5) is 5.69 Å². The Bertz CT molecular complexity index is 1110. The number of nitrogens with zero attached hydrogens (tertiary/aromatic N) is 1. The smallest absolute Gasteiger partial charge is 0.261 e. The van der Waals surface area contributed by atoms with E-state index >= 15 is 0 Å². The molecular weight excluding hydrogens is 452 g/mol. The second-order valence-electron chi connectivity index (χ2n) is 9.39. The molecule has 0 unspecified atom stereocenters. The van der Waals surface area contributed by atoms with Gasteiger partial charge in [-0.3, -0.25) is 9.10 Å². The molecule has 1 fully saturated rings. The lowest BCUT2D eigenvalue weighted by molar-refractivity contribution is -0.129. The number of fused-ring (bicyclic) bond motifs is 1. The van der Waals surface area contributed by atoms with Gasteiger partial charge in [-0.25, -0.2) is 8.42 Å². The number of nitrogens with one attached hydrogen (secondary N) is 1. The van der Waals surface area contributed by atoms with Gasteiger partial charge in [0, 0.05) is 19.0 Å². The maximum atomic E-state index is 13.3. The van der Waals surface area contributed by atoms with E-state index in [2.05, 4.69) is 5.32 Å². The molecule has 34 heavy (non-hydrogen) atoms. The molecule has 0 aromatic heterocycles. The van der Waals surface area contributed by atoms with E-state index in [1.165, 1.54) is 17.8 Å². The number of para-hydroxylation sites is 1. The van der Waals surface area contributed by atoms with Gasteiger partial charge in [0.05, 0.1) is 18.0 Å². The normalized spacial score (nSPS) is 20.0. The molecule has 0 radical (unpaired) electrons. The van der Waals surface area contributed by atoms with Crippen LogP contribution in [0.15, 0.2) is 48.5 Å². The third-order valence-electron chi connectivity index (χ3n) is 6.92. The van der Waals surface area contributed by atoms with Crippen molar-refractivity contribution in [1.29, 1.82) is 0 Å². The average molecular weight is 487 g/mol. The highest BCUT2D eigenvalue weighted by molar-refractivity contribution is 7.92. The molecule has 2 atom stereocenters. The number of sulfonamides is 1. The first-order valence-corrected chi connectivity index (χ1v) is 13.8. The van der Waals surface area contributed by atoms with Gasteiger partial charge in [-0.1, -0.05) is 31.5 Å². The summed E-state index contributed by atoms with van der Waals surface area (Å²) in [5.74, 6) is 1.22. The van der Waals surface area contributed by atoms with E-state index < -0.39 is 16.1 Å². The van der Waals surface area contributed by atoms with Crippen LogP contribution < -0.4 is 19.1 Å². The van der Waals surface area contributed by atoms with Crippen molar-refractivity contribution in [3.63, 3.8) is 0 Å². The number of carbonyl (C=O) groups excluding carboxylic acids is 1. The monoisotopic (exact) mass is 486 g/mol. The van der Waals surface area contributed by atoms with Gasteiger partial charge in [0.25, 0.3) is 5.91 Å². The van der Waals surface area contributed by atoms with Crippen LogP contribution in [0.2, 0.25) is 0 Å². The number of carbonyl (C=O) groups is 1. The largest absolute Gasteiger partial charge is 0.487 e. The molecular formula is C26H34N2O5S. The first kappa shape index (κ1) is 24.4. The molecule has 0 bridgehead atoms. The van der Waals surface area contributed by atoms with Gasteiger partial charge in [-0.05, 0) is 62.4 Å². The highest BCUT2D eigenvalue weighted by atomic mass is 32.2. The van der Waals surface area contributed by atoms with Crippen molar-refractivity contribution >= 4 is 21.6 Å². The molecule has 184 valence electrons. The molecule has 1 spiro atoms. The van der Waals surface area contributed by atoms with Crippen LogP contribution >= 0.6 is 0 Å². The summed E-state index contributed by atoms with van der Waals surface area (Å²) in [5, 5.41) is 3.24. The number of hydrogen-bond donors (Lipinski definition) is 1. The van der Waals surface area contributed by atoms with E-state index in [1.54, 1.807) is 24.3 Å². The summed E-state index contributed by atoms with van der Waals surface area (Å²) < 4.78 is 37.2. The molecule has 1 heterocycles. The molecule has 2 aromatic carbocycles. The fraction of sp³-hybridized carbons (Fsp3) is 0.500. The van der Waals surface area contributed by atoms with Gasteiger partial charge in [0.15, 0.2) is 6.10 Å². The highest BCUT2D eigenvalue weighted by Crippen LogP contribution is 2.46. The number of amides is 1. The number of rotatable bonds is 7. The number of hydrogen-bond acceptors (Lipinski definition) is 5. The van der Waals surface area contributed by atoms with Crippen LogP contribution in [0.1, 0.15) is 63.5 Å². The Morgan fingerprint density at radius 1 is 1.15 bits per heavy atom. The summed E-state index contributed by atoms with van der Waals surface area (Å²) in [6, 6.07) is 14.6. The molecule has 4 rings (SSSR count). The fourth-order valence-electron chi connectivity index (χ4n) is 4.93. The highest BCUT2D eigenvalue weighted by Gasteiger charge is 2.42. The Morgan fingerprint density at radius 2 is 1.82 bits per heavy atom. The van der Waals surface area contributed by atoms with Crippen molar-refractivity contribution < 1.29 is 22.7 Å². The molecule has 1 aliphatic heterocycles. The molecule has 0 saturated heterocycles. The fourth-order valence-corrected chi connectivity index (χ4v) is 5.43. The first-order valence-electron chi connectivity index (χ1n) is 12.0. The van der Waals surface area contributed by atoms with E-state index in [-0.39, 0.29) is 17.6 Å². The number of ether oxygens (including phenoxy) is 2. The molecule has 1 saturated carbocycles. The molecule has 7 nitrogen and oxygen atoms in total. The summed E-state index contributed by atoms with van der Waals surface area (Å²) in [6.07, 6.45) is 7.31. The maximum absolute atomic E-state index is 13.3. The summed E-state index contributed by atoms with van der Waals surface area (Å²) in [7, 11) is -1.85. The molecule has 1 N–H and O–H groups in total. The minimum Gasteiger partial charge on any atom is -0.487 e. The molecule has 8 heteroatoms. The Balaban J connectivity index is 1.47. The predicted molar refractivity (Wildman–Crippen MR) is 133 cm³/mol. The SMILES string of the molecule is CC[C@@H](Oc1ccc(N(C)S(C)(=O)=O)cc1)C(=O)N[C@H]1CC2(CCCCC2)Oc2ccccc21. The van der Waals surface area contributed by atoms with Crippen LogP contribution in [0, 0.1) is 0 Å². The molecule has 1 amide bonds. The summed E-state index contributed by atoms with van der Waals surface area (Å²) in [5.41, 5.74) is 1.33. The van der Waals surface area contributed by atoms with E-state index in [4.69, 9.17) is 9.47 Å². The van der Waals surface area contributed by atoms with Gasteiger partial charge >= 0.3 is 0 Å². The molecule has 1 aliphatic carbocycles. The minimum absolute atomic E-state index is 0.126. The topological polar surface area (TPSA) is 84.9 Å². The van der Waals surface area contributed by atoms with Crippen LogP contribution in [0.25, 0.3) is 0 Å². The first-order chi connectivity index (χ1) is 16.2. The van der Waals surface area contributed by atoms with E-state index in [9.17, 15) is 13.2 Å². The van der Waals surface area contributed by atoms with Crippen molar-refractivity contribution in [2.75, 3.05) is 17.6 Å². The third-order valence-corrected chi connectivity index (χ3v) is 8.12. The Morgan fingerprint density at radius 3 is 2.47 bits per heavy atom. The van der Waals surface area contributed by atoms with Crippen molar-refractivity contribution in [2.24, 2.45) is 0 Å². The molecule has 2 aliphatic rings. The van der Waals surface area contributed by atoms with E-state index in [0.29, 0.717) is 17.9 Å². The molecule has 2 aromatic rings. The van der Waals surface area contributed by atoms with Crippen molar-refractivity contribution in [1.82, 2.24) is 5.32 Å². The van der Waals surface area contributed by atoms with Crippen LogP contribution in [0.3, 0.4) is 0 Å². The van der Waals surface area contributed by atoms with E-state index in [1.807, 2.05) is 31.2 Å². The second-order valence-corrected chi connectivity index (χ2v) is 11.4. The van der Waals surface area contributed by atoms with Gasteiger partial charge < -0.3 is 14.8 Å². The van der Waals surface area contributed by atoms with Gasteiger partial charge in [-0.2, -0.15) is 0 Å².